The summed E-state index contributed by atoms with van der Waals surface area (Å²) in [5.41, 5.74) is 1.14. The van der Waals surface area contributed by atoms with Crippen LogP contribution >= 0.6 is 11.5 Å². The lowest BCUT2D eigenvalue weighted by Crippen LogP contribution is -2.52. The topological polar surface area (TPSA) is 44.3 Å². The van der Waals surface area contributed by atoms with Crippen LogP contribution in [0, 0.1) is 5.92 Å². The molecule has 0 radical (unpaired) electrons. The van der Waals surface area contributed by atoms with Gasteiger partial charge in [0.25, 0.3) is 0 Å². The van der Waals surface area contributed by atoms with E-state index in [4.69, 9.17) is 0 Å². The van der Waals surface area contributed by atoms with E-state index in [1.54, 1.807) is 0 Å². The van der Waals surface area contributed by atoms with Gasteiger partial charge in [-0.25, -0.2) is 0 Å². The molecule has 21 heavy (non-hydrogen) atoms. The van der Waals surface area contributed by atoms with Crippen molar-refractivity contribution in [1.82, 2.24) is 19.4 Å². The van der Waals surface area contributed by atoms with Gasteiger partial charge in [-0.15, -0.1) is 5.10 Å². The molecule has 1 aromatic heterocycles. The van der Waals surface area contributed by atoms with E-state index in [-0.39, 0.29) is 0 Å². The van der Waals surface area contributed by atoms with Crippen molar-refractivity contribution in [3.8, 4) is 0 Å². The lowest BCUT2D eigenvalue weighted by molar-refractivity contribution is 0.0351. The number of anilines is 1. The van der Waals surface area contributed by atoms with E-state index in [0.29, 0.717) is 0 Å². The molecule has 2 atom stereocenters. The highest BCUT2D eigenvalue weighted by Crippen LogP contribution is 2.30. The molecule has 6 heteroatoms. The summed E-state index contributed by atoms with van der Waals surface area (Å²) in [5.74, 6) is 0.844. The fourth-order valence-corrected chi connectivity index (χ4v) is 4.37. The van der Waals surface area contributed by atoms with Gasteiger partial charge in [0, 0.05) is 43.8 Å². The molecule has 5 nitrogen and oxygen atoms in total. The van der Waals surface area contributed by atoms with E-state index in [2.05, 4.69) is 38.7 Å². The van der Waals surface area contributed by atoms with Crippen molar-refractivity contribution in [1.29, 1.82) is 0 Å². The molecule has 1 aromatic rings. The van der Waals surface area contributed by atoms with Crippen molar-refractivity contribution in [3.05, 3.63) is 5.69 Å². The number of hydrogen-bond donors (Lipinski definition) is 1. The molecule has 2 saturated heterocycles. The molecule has 0 saturated carbocycles. The minimum atomic E-state index is 0.807. The Morgan fingerprint density at radius 2 is 2.24 bits per heavy atom. The van der Waals surface area contributed by atoms with Crippen LogP contribution in [0.5, 0.6) is 0 Å². The standard InChI is InChI=1S/C15H27N5S/c1-3-7-16-15-13(17-18-21-15)11-20-9-6-14-12(10-20)5-4-8-19(14)2/h12,14,16H,3-11H2,1-2H3. The second kappa shape index (κ2) is 7.03. The summed E-state index contributed by atoms with van der Waals surface area (Å²) in [6, 6.07) is 0.807. The Morgan fingerprint density at radius 3 is 3.10 bits per heavy atom. The molecular formula is C15H27N5S. The summed E-state index contributed by atoms with van der Waals surface area (Å²) < 4.78 is 4.13. The third-order valence-corrected chi connectivity index (χ3v) is 5.62. The monoisotopic (exact) mass is 309 g/mol. The van der Waals surface area contributed by atoms with Crippen molar-refractivity contribution in [2.75, 3.05) is 38.5 Å². The molecule has 2 aliphatic rings. The van der Waals surface area contributed by atoms with Crippen molar-refractivity contribution in [3.63, 3.8) is 0 Å². The molecule has 2 fully saturated rings. The summed E-state index contributed by atoms with van der Waals surface area (Å²) in [6.45, 7) is 7.84. The van der Waals surface area contributed by atoms with Crippen LogP contribution in [0.4, 0.5) is 5.00 Å². The number of nitrogens with zero attached hydrogens (tertiary/aromatic N) is 4. The van der Waals surface area contributed by atoms with Gasteiger partial charge in [-0.05, 0) is 45.2 Å². The molecule has 2 aliphatic heterocycles. The first-order valence-electron chi connectivity index (χ1n) is 8.25. The summed E-state index contributed by atoms with van der Waals surface area (Å²) in [5, 5.41) is 8.96. The van der Waals surface area contributed by atoms with E-state index in [1.807, 2.05) is 0 Å². The molecule has 0 amide bonds. The van der Waals surface area contributed by atoms with Crippen LogP contribution in [-0.2, 0) is 6.54 Å². The van der Waals surface area contributed by atoms with E-state index < -0.39 is 0 Å². The van der Waals surface area contributed by atoms with Crippen LogP contribution in [0.15, 0.2) is 0 Å². The first-order valence-corrected chi connectivity index (χ1v) is 9.03. The van der Waals surface area contributed by atoms with Gasteiger partial charge in [0.05, 0.1) is 0 Å². The van der Waals surface area contributed by atoms with Crippen molar-refractivity contribution in [2.45, 2.75) is 45.2 Å². The zero-order valence-electron chi connectivity index (χ0n) is 13.2. The number of rotatable bonds is 5. The third-order valence-electron chi connectivity index (χ3n) is 4.89. The van der Waals surface area contributed by atoms with Gasteiger partial charge in [-0.3, -0.25) is 4.90 Å². The predicted molar refractivity (Wildman–Crippen MR) is 87.7 cm³/mol. The number of nitrogens with one attached hydrogen (secondary N) is 1. The molecule has 0 aromatic carbocycles. The molecule has 0 bridgehead atoms. The van der Waals surface area contributed by atoms with Gasteiger partial charge in [-0.2, -0.15) is 0 Å². The Balaban J connectivity index is 1.58. The lowest BCUT2D eigenvalue weighted by atomic mass is 9.84. The molecule has 0 spiro atoms. The summed E-state index contributed by atoms with van der Waals surface area (Å²) in [7, 11) is 2.30. The molecule has 2 unspecified atom stereocenters. The van der Waals surface area contributed by atoms with Gasteiger partial charge in [0.1, 0.15) is 10.7 Å². The first kappa shape index (κ1) is 15.2. The molecule has 3 rings (SSSR count). The maximum atomic E-state index is 4.34. The Hall–Kier alpha value is -0.720. The highest BCUT2D eigenvalue weighted by molar-refractivity contribution is 7.10. The van der Waals surface area contributed by atoms with Crippen molar-refractivity contribution in [2.24, 2.45) is 5.92 Å². The Bertz CT molecular complexity index is 449. The van der Waals surface area contributed by atoms with Crippen molar-refractivity contribution < 1.29 is 0 Å². The first-order chi connectivity index (χ1) is 10.3. The van der Waals surface area contributed by atoms with Gasteiger partial charge < -0.3 is 10.2 Å². The average molecular weight is 309 g/mol. The largest absolute Gasteiger partial charge is 0.374 e. The van der Waals surface area contributed by atoms with Crippen LogP contribution in [0.2, 0.25) is 0 Å². The van der Waals surface area contributed by atoms with Gasteiger partial charge >= 0.3 is 0 Å². The highest BCUT2D eigenvalue weighted by Gasteiger charge is 2.34. The minimum Gasteiger partial charge on any atom is -0.374 e. The predicted octanol–water partition coefficient (Wildman–Crippen LogP) is 2.28. The molecule has 3 heterocycles. The smallest absolute Gasteiger partial charge is 0.134 e. The van der Waals surface area contributed by atoms with Crippen LogP contribution in [0.25, 0.3) is 0 Å². The number of aromatic nitrogens is 2. The second-order valence-electron chi connectivity index (χ2n) is 6.45. The van der Waals surface area contributed by atoms with Crippen molar-refractivity contribution >= 4 is 16.5 Å². The highest BCUT2D eigenvalue weighted by atomic mass is 32.1. The Kier molecular flexibility index (Phi) is 5.08. The van der Waals surface area contributed by atoms with Crippen LogP contribution in [-0.4, -0.2) is 58.7 Å². The number of hydrogen-bond acceptors (Lipinski definition) is 6. The molecule has 0 aliphatic carbocycles. The van der Waals surface area contributed by atoms with E-state index >= 15 is 0 Å². The van der Waals surface area contributed by atoms with E-state index in [9.17, 15) is 0 Å². The molecule has 118 valence electrons. The quantitative estimate of drug-likeness (QED) is 0.904. The normalized spacial score (nSPS) is 27.5. The molecular weight excluding hydrogens is 282 g/mol. The fourth-order valence-electron chi connectivity index (χ4n) is 3.77. The van der Waals surface area contributed by atoms with Crippen LogP contribution < -0.4 is 5.32 Å². The summed E-state index contributed by atoms with van der Waals surface area (Å²) in [6.07, 6.45) is 5.18. The van der Waals surface area contributed by atoms with Crippen LogP contribution in [0.3, 0.4) is 0 Å². The van der Waals surface area contributed by atoms with Gasteiger partial charge in [-0.1, -0.05) is 11.4 Å². The second-order valence-corrected chi connectivity index (χ2v) is 7.20. The Morgan fingerprint density at radius 1 is 1.33 bits per heavy atom. The van der Waals surface area contributed by atoms with Gasteiger partial charge in [0.15, 0.2) is 0 Å². The van der Waals surface area contributed by atoms with E-state index in [1.165, 1.54) is 55.4 Å². The summed E-state index contributed by atoms with van der Waals surface area (Å²) in [4.78, 5) is 5.15. The Labute approximate surface area is 131 Å². The number of likely N-dealkylation sites (tertiary alicyclic amines) is 2. The zero-order valence-corrected chi connectivity index (χ0v) is 14.0. The SMILES string of the molecule is CCCNc1snnc1CN1CCC2C(CCCN2C)C1. The van der Waals surface area contributed by atoms with Crippen LogP contribution in [0.1, 0.15) is 38.3 Å². The lowest BCUT2D eigenvalue weighted by Gasteiger charge is -2.45. The maximum absolute atomic E-state index is 4.34. The van der Waals surface area contributed by atoms with Gasteiger partial charge in [0.2, 0.25) is 0 Å². The summed E-state index contributed by atoms with van der Waals surface area (Å²) >= 11 is 1.49. The number of fused-ring (bicyclic) bond motifs is 1. The fraction of sp³-hybridized carbons (Fsp3) is 0.867. The van der Waals surface area contributed by atoms with E-state index in [0.717, 1.165) is 37.2 Å². The zero-order chi connectivity index (χ0) is 14.7. The third kappa shape index (κ3) is 3.55. The molecule has 1 N–H and O–H groups in total. The minimum absolute atomic E-state index is 0.807. The maximum Gasteiger partial charge on any atom is 0.134 e. The number of piperidine rings is 2. The average Bonchev–Trinajstić information content (AvgIpc) is 2.92.